The Morgan fingerprint density at radius 1 is 1.08 bits per heavy atom. The number of thiophene rings is 1. The summed E-state index contributed by atoms with van der Waals surface area (Å²) in [6.45, 7) is 5.90. The van der Waals surface area contributed by atoms with Gasteiger partial charge in [0.15, 0.2) is 0 Å². The van der Waals surface area contributed by atoms with Crippen molar-refractivity contribution in [2.24, 2.45) is 0 Å². The summed E-state index contributed by atoms with van der Waals surface area (Å²) >= 11 is 2.83. The normalized spacial score (nSPS) is 13.1. The minimum Gasteiger partial charge on any atom is -0.462 e. The first kappa shape index (κ1) is 25.9. The van der Waals surface area contributed by atoms with Gasteiger partial charge >= 0.3 is 5.97 Å². The van der Waals surface area contributed by atoms with Crippen LogP contribution in [-0.2, 0) is 33.8 Å². The Morgan fingerprint density at radius 2 is 1.89 bits per heavy atom. The maximum Gasteiger partial charge on any atom is 0.341 e. The van der Waals surface area contributed by atoms with E-state index in [4.69, 9.17) is 4.74 Å². The highest BCUT2D eigenvalue weighted by Gasteiger charge is 2.29. The number of fused-ring (bicyclic) bond motifs is 1. The van der Waals surface area contributed by atoms with E-state index in [1.807, 2.05) is 36.4 Å². The van der Waals surface area contributed by atoms with Gasteiger partial charge in [0.05, 0.1) is 17.9 Å². The average molecular weight is 524 g/mol. The molecule has 7 nitrogen and oxygen atoms in total. The third kappa shape index (κ3) is 6.75. The standard InChI is InChI=1S/C27H29N3O4S2/c1-3-34-27(33)25-22-12-13-30(15-19-8-5-4-6-9-19)16-23(22)36-26(25)29-24(32)17-35-21-11-7-10-20(14-21)28-18(2)31/h4-11,14H,3,12-13,15-17H2,1-2H3,(H,28,31)(H,29,32). The van der Waals surface area contributed by atoms with Gasteiger partial charge in [0.25, 0.3) is 0 Å². The zero-order chi connectivity index (χ0) is 25.5. The summed E-state index contributed by atoms with van der Waals surface area (Å²) in [5, 5.41) is 6.26. The summed E-state index contributed by atoms with van der Waals surface area (Å²) in [4.78, 5) is 41.3. The lowest BCUT2D eigenvalue weighted by atomic mass is 10.0. The van der Waals surface area contributed by atoms with E-state index in [9.17, 15) is 14.4 Å². The number of hydrogen-bond acceptors (Lipinski definition) is 7. The van der Waals surface area contributed by atoms with Crippen molar-refractivity contribution in [2.45, 2.75) is 38.3 Å². The Hall–Kier alpha value is -3.14. The Labute approximate surface area is 219 Å². The third-order valence-corrected chi connectivity index (χ3v) is 7.77. The van der Waals surface area contributed by atoms with Crippen LogP contribution < -0.4 is 10.6 Å². The van der Waals surface area contributed by atoms with Crippen molar-refractivity contribution < 1.29 is 19.1 Å². The van der Waals surface area contributed by atoms with Gasteiger partial charge in [0.2, 0.25) is 11.8 Å². The minimum atomic E-state index is -0.391. The second kappa shape index (κ2) is 12.2. The minimum absolute atomic E-state index is 0.148. The second-order valence-electron chi connectivity index (χ2n) is 8.42. The average Bonchev–Trinajstić information content (AvgIpc) is 3.20. The van der Waals surface area contributed by atoms with E-state index >= 15 is 0 Å². The molecule has 188 valence electrons. The van der Waals surface area contributed by atoms with Gasteiger partial charge in [-0.3, -0.25) is 14.5 Å². The maximum atomic E-state index is 12.8. The number of nitrogens with one attached hydrogen (secondary N) is 2. The molecule has 3 aromatic rings. The lowest BCUT2D eigenvalue weighted by Crippen LogP contribution is -2.30. The van der Waals surface area contributed by atoms with Crippen LogP contribution in [-0.4, -0.2) is 41.6 Å². The van der Waals surface area contributed by atoms with E-state index in [0.29, 0.717) is 16.3 Å². The monoisotopic (exact) mass is 523 g/mol. The molecule has 0 spiro atoms. The van der Waals surface area contributed by atoms with Gasteiger partial charge < -0.3 is 15.4 Å². The molecule has 0 saturated carbocycles. The van der Waals surface area contributed by atoms with Crippen LogP contribution in [0.15, 0.2) is 59.5 Å². The number of nitrogens with zero attached hydrogens (tertiary/aromatic N) is 1. The molecule has 2 amide bonds. The highest BCUT2D eigenvalue weighted by Crippen LogP contribution is 2.38. The van der Waals surface area contributed by atoms with Gasteiger partial charge in [-0.2, -0.15) is 0 Å². The quantitative estimate of drug-likeness (QED) is 0.297. The van der Waals surface area contributed by atoms with E-state index in [0.717, 1.165) is 41.4 Å². The molecular formula is C27H29N3O4S2. The van der Waals surface area contributed by atoms with E-state index < -0.39 is 5.97 Å². The van der Waals surface area contributed by atoms with Crippen LogP contribution in [0.2, 0.25) is 0 Å². The first-order valence-electron chi connectivity index (χ1n) is 11.8. The molecule has 2 N–H and O–H groups in total. The fraction of sp³-hybridized carbons (Fsp3) is 0.296. The highest BCUT2D eigenvalue weighted by molar-refractivity contribution is 8.00. The Bertz CT molecular complexity index is 1240. The van der Waals surface area contributed by atoms with Crippen LogP contribution in [0.25, 0.3) is 0 Å². The van der Waals surface area contributed by atoms with Crippen LogP contribution >= 0.6 is 23.1 Å². The molecule has 1 aromatic heterocycles. The van der Waals surface area contributed by atoms with E-state index in [2.05, 4.69) is 27.7 Å². The van der Waals surface area contributed by atoms with Crippen LogP contribution in [0.3, 0.4) is 0 Å². The summed E-state index contributed by atoms with van der Waals surface area (Å²) in [6, 6.07) is 17.7. The summed E-state index contributed by atoms with van der Waals surface area (Å²) in [6.07, 6.45) is 0.730. The van der Waals surface area contributed by atoms with Crippen LogP contribution in [0.4, 0.5) is 10.7 Å². The van der Waals surface area contributed by atoms with Gasteiger partial charge in [-0.05, 0) is 42.7 Å². The summed E-state index contributed by atoms with van der Waals surface area (Å²) in [5.74, 6) is -0.563. The molecular weight excluding hydrogens is 494 g/mol. The summed E-state index contributed by atoms with van der Waals surface area (Å²) in [7, 11) is 0. The van der Waals surface area contributed by atoms with Crippen molar-refractivity contribution in [1.82, 2.24) is 4.90 Å². The number of carbonyl (C=O) groups is 3. The molecule has 1 aliphatic rings. The molecule has 0 bridgehead atoms. The number of anilines is 2. The first-order valence-corrected chi connectivity index (χ1v) is 13.6. The molecule has 1 aliphatic heterocycles. The smallest absolute Gasteiger partial charge is 0.341 e. The maximum absolute atomic E-state index is 12.8. The number of benzene rings is 2. The lowest BCUT2D eigenvalue weighted by Gasteiger charge is -2.27. The third-order valence-electron chi connectivity index (χ3n) is 5.64. The Morgan fingerprint density at radius 3 is 2.64 bits per heavy atom. The molecule has 2 heterocycles. The van der Waals surface area contributed by atoms with Gasteiger partial charge in [-0.25, -0.2) is 4.79 Å². The predicted octanol–water partition coefficient (Wildman–Crippen LogP) is 5.17. The Balaban J connectivity index is 1.46. The highest BCUT2D eigenvalue weighted by atomic mass is 32.2. The number of carbonyl (C=O) groups excluding carboxylic acids is 3. The zero-order valence-electron chi connectivity index (χ0n) is 20.3. The van der Waals surface area contributed by atoms with E-state index in [-0.39, 0.29) is 24.2 Å². The molecule has 0 atom stereocenters. The van der Waals surface area contributed by atoms with Crippen molar-refractivity contribution in [1.29, 1.82) is 0 Å². The van der Waals surface area contributed by atoms with E-state index in [1.54, 1.807) is 13.0 Å². The van der Waals surface area contributed by atoms with Gasteiger partial charge in [0.1, 0.15) is 5.00 Å². The second-order valence-corrected chi connectivity index (χ2v) is 10.6. The topological polar surface area (TPSA) is 87.7 Å². The SMILES string of the molecule is CCOC(=O)c1c(NC(=O)CSc2cccc(NC(C)=O)c2)sc2c1CCN(Cc1ccccc1)C2. The van der Waals surface area contributed by atoms with Gasteiger partial charge in [-0.1, -0.05) is 36.4 Å². The van der Waals surface area contributed by atoms with Crippen molar-refractivity contribution in [2.75, 3.05) is 29.5 Å². The molecule has 9 heteroatoms. The molecule has 2 aromatic carbocycles. The van der Waals surface area contributed by atoms with Crippen molar-refractivity contribution >= 4 is 51.6 Å². The van der Waals surface area contributed by atoms with Gasteiger partial charge in [0, 0.05) is 42.0 Å². The van der Waals surface area contributed by atoms with Crippen molar-refractivity contribution in [3.63, 3.8) is 0 Å². The molecule has 36 heavy (non-hydrogen) atoms. The van der Waals surface area contributed by atoms with Crippen LogP contribution in [0, 0.1) is 0 Å². The lowest BCUT2D eigenvalue weighted by molar-refractivity contribution is -0.114. The first-order chi connectivity index (χ1) is 17.4. The number of esters is 1. The number of ether oxygens (including phenoxy) is 1. The zero-order valence-corrected chi connectivity index (χ0v) is 22.0. The summed E-state index contributed by atoms with van der Waals surface area (Å²) in [5.41, 5.74) is 3.40. The van der Waals surface area contributed by atoms with Crippen molar-refractivity contribution in [3.8, 4) is 0 Å². The molecule has 0 saturated heterocycles. The number of rotatable bonds is 9. The number of amides is 2. The molecule has 0 aliphatic carbocycles. The van der Waals surface area contributed by atoms with Crippen molar-refractivity contribution in [3.05, 3.63) is 76.2 Å². The number of thioether (sulfide) groups is 1. The number of hydrogen-bond donors (Lipinski definition) is 2. The fourth-order valence-electron chi connectivity index (χ4n) is 4.12. The largest absolute Gasteiger partial charge is 0.462 e. The molecule has 0 fully saturated rings. The molecule has 4 rings (SSSR count). The van der Waals surface area contributed by atoms with Crippen LogP contribution in [0.5, 0.6) is 0 Å². The Kier molecular flexibility index (Phi) is 8.79. The molecule has 0 unspecified atom stereocenters. The predicted molar refractivity (Wildman–Crippen MR) is 145 cm³/mol. The summed E-state index contributed by atoms with van der Waals surface area (Å²) < 4.78 is 5.33. The van der Waals surface area contributed by atoms with Crippen LogP contribution in [0.1, 0.15) is 40.2 Å². The molecule has 0 radical (unpaired) electrons. The van der Waals surface area contributed by atoms with E-state index in [1.165, 1.54) is 35.6 Å². The fourth-order valence-corrected chi connectivity index (χ4v) is 6.17. The van der Waals surface area contributed by atoms with Gasteiger partial charge in [-0.15, -0.1) is 23.1 Å².